The second-order valence-electron chi connectivity index (χ2n) is 3.29. The Balaban J connectivity index is 3.37. The first kappa shape index (κ1) is 10.4. The third-order valence-electron chi connectivity index (χ3n) is 1.88. The van der Waals surface area contributed by atoms with Crippen LogP contribution in [0, 0.1) is 5.82 Å². The molecule has 0 saturated heterocycles. The van der Waals surface area contributed by atoms with Gasteiger partial charge in [0.25, 0.3) is 0 Å². The van der Waals surface area contributed by atoms with E-state index in [4.69, 9.17) is 5.73 Å². The summed E-state index contributed by atoms with van der Waals surface area (Å²) < 4.78 is 24.9. The second kappa shape index (κ2) is 3.60. The molecule has 72 valence electrons. The summed E-state index contributed by atoms with van der Waals surface area (Å²) >= 11 is 0. The maximum atomic E-state index is 13.2. The van der Waals surface area contributed by atoms with Crippen LogP contribution in [-0.2, 0) is 11.1 Å². The molecular weight excluding hydrogens is 188 g/mol. The van der Waals surface area contributed by atoms with Gasteiger partial charge in [-0.25, -0.2) is 4.39 Å². The van der Waals surface area contributed by atoms with Crippen molar-refractivity contribution in [3.05, 3.63) is 29.6 Å². The van der Waals surface area contributed by atoms with E-state index in [1.54, 1.807) is 25.5 Å². The highest BCUT2D eigenvalue weighted by Gasteiger charge is 2.17. The van der Waals surface area contributed by atoms with Crippen molar-refractivity contribution in [2.45, 2.75) is 6.54 Å². The van der Waals surface area contributed by atoms with Crippen molar-refractivity contribution < 1.29 is 8.96 Å². The Hall–Kier alpha value is -0.660. The molecule has 0 bridgehead atoms. The zero-order chi connectivity index (χ0) is 10.1. The van der Waals surface area contributed by atoms with Gasteiger partial charge in [-0.05, 0) is 19.4 Å². The molecule has 0 atom stereocenters. The molecule has 0 fully saturated rings. The van der Waals surface area contributed by atoms with Crippen molar-refractivity contribution >= 4 is 12.4 Å². The van der Waals surface area contributed by atoms with Gasteiger partial charge in [0.2, 0.25) is 0 Å². The fourth-order valence-corrected chi connectivity index (χ4v) is 2.55. The number of benzene rings is 1. The summed E-state index contributed by atoms with van der Waals surface area (Å²) in [7, 11) is -2.42. The van der Waals surface area contributed by atoms with Crippen LogP contribution in [0.15, 0.2) is 18.2 Å². The number of halogens is 1. The van der Waals surface area contributed by atoms with Crippen molar-refractivity contribution in [3.8, 4) is 0 Å². The first-order chi connectivity index (χ1) is 5.96. The van der Waals surface area contributed by atoms with Crippen LogP contribution in [0.5, 0.6) is 0 Å². The zero-order valence-electron chi connectivity index (χ0n) is 7.75. The predicted octanol–water partition coefficient (Wildman–Crippen LogP) is 1.53. The van der Waals surface area contributed by atoms with Crippen LogP contribution in [-0.4, -0.2) is 13.3 Å². The zero-order valence-corrected chi connectivity index (χ0v) is 8.64. The Kier molecular flexibility index (Phi) is 2.89. The molecule has 1 rings (SSSR count). The standard InChI is InChI=1S/C9H13FNOP/c1-13(2,12)9-5-3-4-8(10)7(9)6-11/h3-5H,6,11H2,1-2H3. The van der Waals surface area contributed by atoms with Gasteiger partial charge in [0.15, 0.2) is 0 Å². The number of hydrogen-bond acceptors (Lipinski definition) is 2. The lowest BCUT2D eigenvalue weighted by atomic mass is 10.2. The number of rotatable bonds is 2. The molecule has 13 heavy (non-hydrogen) atoms. The average Bonchev–Trinajstić information content (AvgIpc) is 2.02. The monoisotopic (exact) mass is 201 g/mol. The molecule has 0 unspecified atom stereocenters. The fraction of sp³-hybridized carbons (Fsp3) is 0.333. The summed E-state index contributed by atoms with van der Waals surface area (Å²) in [5.41, 5.74) is 5.76. The van der Waals surface area contributed by atoms with Crippen molar-refractivity contribution in [2.24, 2.45) is 5.73 Å². The van der Waals surface area contributed by atoms with Gasteiger partial charge in [-0.1, -0.05) is 12.1 Å². The smallest absolute Gasteiger partial charge is 0.128 e. The molecule has 2 nitrogen and oxygen atoms in total. The third-order valence-corrected chi connectivity index (χ3v) is 3.46. The highest BCUT2D eigenvalue weighted by Crippen LogP contribution is 2.36. The molecule has 0 aliphatic heterocycles. The number of hydrogen-bond donors (Lipinski definition) is 1. The normalized spacial score (nSPS) is 11.7. The summed E-state index contributed by atoms with van der Waals surface area (Å²) in [5.74, 6) is -0.371. The van der Waals surface area contributed by atoms with Crippen LogP contribution in [0.25, 0.3) is 0 Å². The Morgan fingerprint density at radius 2 is 2.08 bits per heavy atom. The highest BCUT2D eigenvalue weighted by atomic mass is 31.2. The average molecular weight is 201 g/mol. The van der Waals surface area contributed by atoms with Gasteiger partial charge in [0, 0.05) is 17.4 Å². The largest absolute Gasteiger partial charge is 0.326 e. The van der Waals surface area contributed by atoms with Crippen LogP contribution in [0.3, 0.4) is 0 Å². The molecule has 4 heteroatoms. The summed E-state index contributed by atoms with van der Waals surface area (Å²) in [6.07, 6.45) is 0. The summed E-state index contributed by atoms with van der Waals surface area (Å²) in [4.78, 5) is 0. The topological polar surface area (TPSA) is 43.1 Å². The predicted molar refractivity (Wildman–Crippen MR) is 53.4 cm³/mol. The van der Waals surface area contributed by atoms with E-state index in [1.165, 1.54) is 6.07 Å². The minimum atomic E-state index is -2.42. The van der Waals surface area contributed by atoms with Crippen molar-refractivity contribution in [3.63, 3.8) is 0 Å². The highest BCUT2D eigenvalue weighted by molar-refractivity contribution is 7.70. The van der Waals surface area contributed by atoms with Crippen molar-refractivity contribution in [1.29, 1.82) is 0 Å². The maximum absolute atomic E-state index is 13.2. The van der Waals surface area contributed by atoms with E-state index in [-0.39, 0.29) is 12.4 Å². The molecule has 2 N–H and O–H groups in total. The van der Waals surface area contributed by atoms with E-state index in [0.717, 1.165) is 0 Å². The van der Waals surface area contributed by atoms with Crippen LogP contribution in [0.1, 0.15) is 5.56 Å². The lowest BCUT2D eigenvalue weighted by molar-refractivity contribution is 0.586. The van der Waals surface area contributed by atoms with Crippen LogP contribution in [0.2, 0.25) is 0 Å². The Morgan fingerprint density at radius 1 is 1.46 bits per heavy atom. The lowest BCUT2D eigenvalue weighted by Gasteiger charge is -2.12. The molecule has 1 aromatic rings. The van der Waals surface area contributed by atoms with E-state index in [2.05, 4.69) is 0 Å². The third kappa shape index (κ3) is 2.17. The quantitative estimate of drug-likeness (QED) is 0.737. The van der Waals surface area contributed by atoms with Crippen molar-refractivity contribution in [1.82, 2.24) is 0 Å². The molecule has 0 aliphatic carbocycles. The molecule has 0 aromatic heterocycles. The minimum Gasteiger partial charge on any atom is -0.326 e. The van der Waals surface area contributed by atoms with Gasteiger partial charge in [0.05, 0.1) is 0 Å². The molecule has 0 aliphatic rings. The van der Waals surface area contributed by atoms with E-state index in [1.807, 2.05) is 0 Å². The van der Waals surface area contributed by atoms with E-state index >= 15 is 0 Å². The molecule has 0 amide bonds. The van der Waals surface area contributed by atoms with Gasteiger partial charge < -0.3 is 10.3 Å². The molecule has 0 heterocycles. The van der Waals surface area contributed by atoms with Gasteiger partial charge in [-0.3, -0.25) is 0 Å². The van der Waals surface area contributed by atoms with E-state index in [0.29, 0.717) is 10.9 Å². The second-order valence-corrected chi connectivity index (χ2v) is 6.48. The van der Waals surface area contributed by atoms with Crippen LogP contribution < -0.4 is 11.0 Å². The minimum absolute atomic E-state index is 0.0909. The summed E-state index contributed by atoms with van der Waals surface area (Å²) in [6.45, 7) is 3.32. The van der Waals surface area contributed by atoms with E-state index in [9.17, 15) is 8.96 Å². The fourth-order valence-electron chi connectivity index (χ4n) is 1.25. The Morgan fingerprint density at radius 3 is 2.46 bits per heavy atom. The van der Waals surface area contributed by atoms with Gasteiger partial charge in [-0.2, -0.15) is 0 Å². The van der Waals surface area contributed by atoms with Crippen LogP contribution >= 0.6 is 7.14 Å². The van der Waals surface area contributed by atoms with Gasteiger partial charge in [0.1, 0.15) is 13.0 Å². The van der Waals surface area contributed by atoms with Gasteiger partial charge in [-0.15, -0.1) is 0 Å². The molecular formula is C9H13FNOP. The lowest BCUT2D eigenvalue weighted by Crippen LogP contribution is -2.16. The summed E-state index contributed by atoms with van der Waals surface area (Å²) in [5, 5.41) is 0.551. The maximum Gasteiger partial charge on any atom is 0.128 e. The Labute approximate surface area is 77.3 Å². The number of nitrogens with two attached hydrogens (primary N) is 1. The van der Waals surface area contributed by atoms with Crippen molar-refractivity contribution in [2.75, 3.05) is 13.3 Å². The van der Waals surface area contributed by atoms with Gasteiger partial charge >= 0.3 is 0 Å². The first-order valence-corrected chi connectivity index (χ1v) is 6.60. The van der Waals surface area contributed by atoms with Crippen LogP contribution in [0.4, 0.5) is 4.39 Å². The molecule has 0 spiro atoms. The Bertz CT molecular complexity index is 359. The SMILES string of the molecule is CP(C)(=O)c1cccc(F)c1CN. The molecule has 1 aromatic carbocycles. The molecule has 0 saturated carbocycles. The first-order valence-electron chi connectivity index (χ1n) is 4.00. The molecule has 0 radical (unpaired) electrons. The summed E-state index contributed by atoms with van der Waals surface area (Å²) in [6, 6.07) is 4.57. The van der Waals surface area contributed by atoms with E-state index < -0.39 is 7.14 Å².